The van der Waals surface area contributed by atoms with E-state index in [2.05, 4.69) is 10.4 Å². The second-order valence-electron chi connectivity index (χ2n) is 5.33. The van der Waals surface area contributed by atoms with Crippen LogP contribution in [-0.4, -0.2) is 34.1 Å². The number of nitrogens with one attached hydrogen (secondary N) is 1. The Labute approximate surface area is 107 Å². The number of aryl methyl sites for hydroxylation is 1. The van der Waals surface area contributed by atoms with Gasteiger partial charge < -0.3 is 15.8 Å². The highest BCUT2D eigenvalue weighted by Crippen LogP contribution is 2.06. The van der Waals surface area contributed by atoms with Gasteiger partial charge in [-0.15, -0.1) is 0 Å². The van der Waals surface area contributed by atoms with E-state index in [9.17, 15) is 4.79 Å². The standard InChI is InChI=1S/C12H22N4O2/c1-12(2,3)18-11(17)14-8-9(13)7-10-5-6-16(4)15-10/h5-6,9H,7-8,13H2,1-4H3,(H,14,17). The topological polar surface area (TPSA) is 82.2 Å². The lowest BCUT2D eigenvalue weighted by molar-refractivity contribution is 0.0524. The zero-order valence-electron chi connectivity index (χ0n) is 11.4. The molecule has 0 aliphatic heterocycles. The minimum atomic E-state index is -0.491. The summed E-state index contributed by atoms with van der Waals surface area (Å²) in [4.78, 5) is 11.4. The monoisotopic (exact) mass is 254 g/mol. The number of ether oxygens (including phenoxy) is 1. The van der Waals surface area contributed by atoms with Crippen LogP contribution in [0, 0.1) is 0 Å². The van der Waals surface area contributed by atoms with Gasteiger partial charge in [-0.05, 0) is 26.8 Å². The SMILES string of the molecule is Cn1ccc(CC(N)CNC(=O)OC(C)(C)C)n1. The third-order valence-electron chi connectivity index (χ3n) is 2.15. The van der Waals surface area contributed by atoms with Crippen molar-refractivity contribution in [3.63, 3.8) is 0 Å². The van der Waals surface area contributed by atoms with Crippen molar-refractivity contribution < 1.29 is 9.53 Å². The average molecular weight is 254 g/mol. The lowest BCUT2D eigenvalue weighted by atomic mass is 10.2. The molecule has 1 unspecified atom stereocenters. The van der Waals surface area contributed by atoms with Crippen LogP contribution in [0.4, 0.5) is 4.79 Å². The van der Waals surface area contributed by atoms with E-state index in [4.69, 9.17) is 10.5 Å². The van der Waals surface area contributed by atoms with Gasteiger partial charge in [-0.2, -0.15) is 5.10 Å². The van der Waals surface area contributed by atoms with Crippen LogP contribution in [0.3, 0.4) is 0 Å². The maximum atomic E-state index is 11.4. The number of nitrogens with zero attached hydrogens (tertiary/aromatic N) is 2. The highest BCUT2D eigenvalue weighted by Gasteiger charge is 2.16. The van der Waals surface area contributed by atoms with Crippen molar-refractivity contribution >= 4 is 6.09 Å². The quantitative estimate of drug-likeness (QED) is 0.833. The van der Waals surface area contributed by atoms with Gasteiger partial charge in [0, 0.05) is 32.3 Å². The molecule has 1 amide bonds. The number of amides is 1. The third kappa shape index (κ3) is 5.67. The van der Waals surface area contributed by atoms with Gasteiger partial charge in [-0.1, -0.05) is 0 Å². The Morgan fingerprint density at radius 1 is 1.61 bits per heavy atom. The summed E-state index contributed by atoms with van der Waals surface area (Å²) in [6, 6.07) is 1.74. The maximum absolute atomic E-state index is 11.4. The Morgan fingerprint density at radius 3 is 2.78 bits per heavy atom. The van der Waals surface area contributed by atoms with E-state index in [1.165, 1.54) is 0 Å². The molecule has 6 nitrogen and oxygen atoms in total. The van der Waals surface area contributed by atoms with Gasteiger partial charge in [0.15, 0.2) is 0 Å². The van der Waals surface area contributed by atoms with E-state index in [0.29, 0.717) is 13.0 Å². The molecular weight excluding hydrogens is 232 g/mol. The number of carbonyl (C=O) groups is 1. The normalized spacial score (nSPS) is 13.2. The van der Waals surface area contributed by atoms with Gasteiger partial charge in [0.25, 0.3) is 0 Å². The zero-order valence-corrected chi connectivity index (χ0v) is 11.4. The minimum Gasteiger partial charge on any atom is -0.444 e. The summed E-state index contributed by atoms with van der Waals surface area (Å²) in [5.74, 6) is 0. The first-order valence-electron chi connectivity index (χ1n) is 5.97. The largest absolute Gasteiger partial charge is 0.444 e. The highest BCUT2D eigenvalue weighted by molar-refractivity contribution is 5.67. The van der Waals surface area contributed by atoms with Crippen molar-refractivity contribution in [1.29, 1.82) is 0 Å². The van der Waals surface area contributed by atoms with Gasteiger partial charge in [0.2, 0.25) is 0 Å². The molecule has 6 heteroatoms. The molecule has 3 N–H and O–H groups in total. The lowest BCUT2D eigenvalue weighted by Crippen LogP contribution is -2.41. The summed E-state index contributed by atoms with van der Waals surface area (Å²) in [5.41, 5.74) is 6.33. The van der Waals surface area contributed by atoms with Crippen molar-refractivity contribution in [2.75, 3.05) is 6.54 Å². The van der Waals surface area contributed by atoms with Gasteiger partial charge in [0.1, 0.15) is 5.60 Å². The summed E-state index contributed by atoms with van der Waals surface area (Å²) in [5, 5.41) is 6.88. The molecule has 0 spiro atoms. The molecule has 1 heterocycles. The predicted octanol–water partition coefficient (Wildman–Crippen LogP) is 0.815. The van der Waals surface area contributed by atoms with Crippen LogP contribution in [0.15, 0.2) is 12.3 Å². The summed E-state index contributed by atoms with van der Waals surface area (Å²) < 4.78 is 6.84. The molecule has 18 heavy (non-hydrogen) atoms. The second-order valence-corrected chi connectivity index (χ2v) is 5.33. The van der Waals surface area contributed by atoms with Gasteiger partial charge >= 0.3 is 6.09 Å². The fraction of sp³-hybridized carbons (Fsp3) is 0.667. The first kappa shape index (κ1) is 14.5. The fourth-order valence-corrected chi connectivity index (χ4v) is 1.44. The fourth-order valence-electron chi connectivity index (χ4n) is 1.44. The van der Waals surface area contributed by atoms with E-state index in [1.54, 1.807) is 4.68 Å². The molecule has 0 aliphatic rings. The zero-order chi connectivity index (χ0) is 13.8. The summed E-state index contributed by atoms with van der Waals surface area (Å²) in [7, 11) is 1.86. The molecule has 1 rings (SSSR count). The van der Waals surface area contributed by atoms with Crippen molar-refractivity contribution in [2.45, 2.75) is 38.8 Å². The van der Waals surface area contributed by atoms with Crippen LogP contribution in [0.5, 0.6) is 0 Å². The smallest absolute Gasteiger partial charge is 0.407 e. The van der Waals surface area contributed by atoms with Gasteiger partial charge in [0.05, 0.1) is 5.69 Å². The number of alkyl carbamates (subject to hydrolysis) is 1. The maximum Gasteiger partial charge on any atom is 0.407 e. The summed E-state index contributed by atoms with van der Waals surface area (Å²) in [6.07, 6.45) is 2.04. The van der Waals surface area contributed by atoms with Crippen molar-refractivity contribution in [3.8, 4) is 0 Å². The Balaban J connectivity index is 2.29. The van der Waals surface area contributed by atoms with Crippen LogP contribution in [0.2, 0.25) is 0 Å². The first-order chi connectivity index (χ1) is 8.26. The Bertz CT molecular complexity index is 395. The van der Waals surface area contributed by atoms with E-state index >= 15 is 0 Å². The number of hydrogen-bond acceptors (Lipinski definition) is 4. The lowest BCUT2D eigenvalue weighted by Gasteiger charge is -2.20. The highest BCUT2D eigenvalue weighted by atomic mass is 16.6. The molecule has 0 saturated heterocycles. The van der Waals surface area contributed by atoms with Crippen molar-refractivity contribution in [2.24, 2.45) is 12.8 Å². The molecule has 102 valence electrons. The van der Waals surface area contributed by atoms with Crippen LogP contribution in [0.1, 0.15) is 26.5 Å². The Hall–Kier alpha value is -1.56. The van der Waals surface area contributed by atoms with Crippen LogP contribution < -0.4 is 11.1 Å². The third-order valence-corrected chi connectivity index (χ3v) is 2.15. The second kappa shape index (κ2) is 5.86. The van der Waals surface area contributed by atoms with Crippen molar-refractivity contribution in [1.82, 2.24) is 15.1 Å². The Kier molecular flexibility index (Phi) is 4.72. The average Bonchev–Trinajstić information content (AvgIpc) is 2.58. The van der Waals surface area contributed by atoms with Crippen LogP contribution in [0.25, 0.3) is 0 Å². The molecule has 0 aromatic carbocycles. The first-order valence-corrected chi connectivity index (χ1v) is 5.97. The molecular formula is C12H22N4O2. The molecule has 0 fully saturated rings. The van der Waals surface area contributed by atoms with E-state index in [1.807, 2.05) is 40.1 Å². The number of carbonyl (C=O) groups excluding carboxylic acids is 1. The van der Waals surface area contributed by atoms with Gasteiger partial charge in [-0.25, -0.2) is 4.79 Å². The van der Waals surface area contributed by atoms with E-state index in [0.717, 1.165) is 5.69 Å². The summed E-state index contributed by atoms with van der Waals surface area (Å²) in [6.45, 7) is 5.83. The van der Waals surface area contributed by atoms with Gasteiger partial charge in [-0.3, -0.25) is 4.68 Å². The van der Waals surface area contributed by atoms with Crippen molar-refractivity contribution in [3.05, 3.63) is 18.0 Å². The minimum absolute atomic E-state index is 0.174. The molecule has 0 aliphatic carbocycles. The molecule has 0 bridgehead atoms. The predicted molar refractivity (Wildman–Crippen MR) is 69.1 cm³/mol. The molecule has 0 saturated carbocycles. The molecule has 1 aromatic heterocycles. The molecule has 1 aromatic rings. The number of rotatable bonds is 4. The van der Waals surface area contributed by atoms with Crippen LogP contribution >= 0.6 is 0 Å². The molecule has 1 atom stereocenters. The van der Waals surface area contributed by atoms with E-state index in [-0.39, 0.29) is 6.04 Å². The summed E-state index contributed by atoms with van der Waals surface area (Å²) >= 11 is 0. The number of nitrogens with two attached hydrogens (primary N) is 1. The van der Waals surface area contributed by atoms with E-state index < -0.39 is 11.7 Å². The van der Waals surface area contributed by atoms with Crippen LogP contribution in [-0.2, 0) is 18.2 Å². The number of hydrogen-bond donors (Lipinski definition) is 2. The Morgan fingerprint density at radius 2 is 2.28 bits per heavy atom. The number of aromatic nitrogens is 2. The molecule has 0 radical (unpaired) electrons.